The largest absolute Gasteiger partial charge is 0.469 e. The van der Waals surface area contributed by atoms with Gasteiger partial charge in [-0.25, -0.2) is 4.79 Å². The Balaban J connectivity index is 3.27. The summed E-state index contributed by atoms with van der Waals surface area (Å²) in [6.07, 6.45) is 3.70. The number of cyclic esters (lactones) is 1. The van der Waals surface area contributed by atoms with Crippen molar-refractivity contribution < 1.29 is 28.6 Å². The van der Waals surface area contributed by atoms with Crippen molar-refractivity contribution in [3.8, 4) is 0 Å². The fraction of sp³-hybridized carbons (Fsp3) is 0.500. The average Bonchev–Trinajstić information content (AvgIpc) is 2.80. The Morgan fingerprint density at radius 2 is 1.96 bits per heavy atom. The molecule has 1 aliphatic heterocycles. The highest BCUT2D eigenvalue weighted by Crippen LogP contribution is 2.36. The van der Waals surface area contributed by atoms with Crippen LogP contribution in [-0.2, 0) is 23.8 Å². The topological polar surface area (TPSA) is 82.1 Å². The summed E-state index contributed by atoms with van der Waals surface area (Å²) in [7, 11) is 1.25. The number of allylic oxidation sites excluding steroid dienone is 2. The fourth-order valence-corrected chi connectivity index (χ4v) is 2.57. The minimum Gasteiger partial charge on any atom is -0.469 e. The predicted molar refractivity (Wildman–Crippen MR) is 91.7 cm³/mol. The lowest BCUT2D eigenvalue weighted by molar-refractivity contribution is -0.157. The molecule has 1 atom stereocenters. The van der Waals surface area contributed by atoms with E-state index in [0.717, 1.165) is 0 Å². The molecule has 7 nitrogen and oxygen atoms in total. The van der Waals surface area contributed by atoms with Gasteiger partial charge in [-0.2, -0.15) is 0 Å². The van der Waals surface area contributed by atoms with Crippen LogP contribution in [0.25, 0.3) is 0 Å². The van der Waals surface area contributed by atoms with E-state index in [9.17, 15) is 14.4 Å². The lowest BCUT2D eigenvalue weighted by Crippen LogP contribution is -2.52. The molecule has 138 valence electrons. The zero-order chi connectivity index (χ0) is 19.3. The van der Waals surface area contributed by atoms with Crippen molar-refractivity contribution in [2.24, 2.45) is 0 Å². The number of carbonyl (C=O) groups excluding carboxylic acids is 3. The van der Waals surface area contributed by atoms with Crippen LogP contribution >= 0.6 is 0 Å². The summed E-state index contributed by atoms with van der Waals surface area (Å²) in [5.41, 5.74) is -1.40. The second kappa shape index (κ2) is 8.00. The number of ether oxygens (including phenoxy) is 3. The lowest BCUT2D eigenvalue weighted by atomic mass is 9.85. The summed E-state index contributed by atoms with van der Waals surface area (Å²) >= 11 is 0. The Bertz CT molecular complexity index is 601. The summed E-state index contributed by atoms with van der Waals surface area (Å²) < 4.78 is 15.2. The van der Waals surface area contributed by atoms with Crippen LogP contribution in [0.1, 0.15) is 27.2 Å². The van der Waals surface area contributed by atoms with E-state index in [0.29, 0.717) is 5.57 Å². The molecule has 1 amide bonds. The molecule has 7 heteroatoms. The van der Waals surface area contributed by atoms with E-state index in [2.05, 4.69) is 13.2 Å². The van der Waals surface area contributed by atoms with Crippen molar-refractivity contribution >= 4 is 18.0 Å². The lowest BCUT2D eigenvalue weighted by Gasteiger charge is -2.35. The van der Waals surface area contributed by atoms with Crippen LogP contribution in [0, 0.1) is 0 Å². The van der Waals surface area contributed by atoms with Crippen molar-refractivity contribution in [1.29, 1.82) is 0 Å². The Labute approximate surface area is 147 Å². The van der Waals surface area contributed by atoms with Gasteiger partial charge < -0.3 is 14.2 Å². The summed E-state index contributed by atoms with van der Waals surface area (Å²) in [6, 6.07) is 0. The van der Waals surface area contributed by atoms with Crippen LogP contribution in [0.3, 0.4) is 0 Å². The highest BCUT2D eigenvalue weighted by Gasteiger charge is 2.51. The number of carbonyl (C=O) groups is 3. The van der Waals surface area contributed by atoms with Gasteiger partial charge in [0.2, 0.25) is 0 Å². The van der Waals surface area contributed by atoms with Crippen LogP contribution in [0.5, 0.6) is 0 Å². The molecule has 1 unspecified atom stereocenters. The van der Waals surface area contributed by atoms with Gasteiger partial charge in [-0.3, -0.25) is 14.5 Å². The van der Waals surface area contributed by atoms with Crippen molar-refractivity contribution in [3.63, 3.8) is 0 Å². The summed E-state index contributed by atoms with van der Waals surface area (Å²) in [5, 5.41) is 0. The smallest absolute Gasteiger partial charge is 0.411 e. The van der Waals surface area contributed by atoms with Crippen molar-refractivity contribution in [3.05, 3.63) is 37.0 Å². The van der Waals surface area contributed by atoms with Gasteiger partial charge in [-0.05, 0) is 26.3 Å². The third kappa shape index (κ3) is 4.95. The number of hydrogen-bond acceptors (Lipinski definition) is 6. The van der Waals surface area contributed by atoms with Crippen molar-refractivity contribution in [1.82, 2.24) is 4.90 Å². The van der Waals surface area contributed by atoms with E-state index >= 15 is 0 Å². The van der Waals surface area contributed by atoms with Gasteiger partial charge in [0.05, 0.1) is 13.5 Å². The maximum Gasteiger partial charge on any atom is 0.411 e. The normalized spacial score (nSPS) is 20.7. The average molecular weight is 351 g/mol. The second-order valence-corrected chi connectivity index (χ2v) is 6.57. The molecule has 1 saturated heterocycles. The molecule has 0 bridgehead atoms. The third-order valence-electron chi connectivity index (χ3n) is 3.60. The molecule has 0 N–H and O–H groups in total. The zero-order valence-corrected chi connectivity index (χ0v) is 15.2. The minimum absolute atomic E-state index is 0.116. The van der Waals surface area contributed by atoms with Crippen LogP contribution < -0.4 is 0 Å². The Morgan fingerprint density at radius 3 is 2.44 bits per heavy atom. The molecule has 0 aromatic rings. The molecule has 0 aliphatic carbocycles. The zero-order valence-electron chi connectivity index (χ0n) is 15.2. The van der Waals surface area contributed by atoms with Gasteiger partial charge in [0.1, 0.15) is 24.3 Å². The molecular formula is C18H25NO6. The SMILES string of the molecule is C=C/C=C(\C=C)C1(CC(=O)OC)COC(=O)N1CC(=O)OC(C)(C)C. The van der Waals surface area contributed by atoms with E-state index in [1.54, 1.807) is 26.8 Å². The Morgan fingerprint density at radius 1 is 1.32 bits per heavy atom. The number of hydrogen-bond donors (Lipinski definition) is 0. The highest BCUT2D eigenvalue weighted by atomic mass is 16.6. The number of methoxy groups -OCH3 is 1. The van der Waals surface area contributed by atoms with E-state index in [1.807, 2.05) is 0 Å². The van der Waals surface area contributed by atoms with Gasteiger partial charge in [0.25, 0.3) is 0 Å². The van der Waals surface area contributed by atoms with E-state index in [4.69, 9.17) is 14.2 Å². The monoisotopic (exact) mass is 351 g/mol. The number of nitrogens with zero attached hydrogens (tertiary/aromatic N) is 1. The number of amides is 1. The molecule has 0 saturated carbocycles. The maximum atomic E-state index is 12.2. The molecule has 1 heterocycles. The first-order chi connectivity index (χ1) is 11.6. The molecule has 25 heavy (non-hydrogen) atoms. The fourth-order valence-electron chi connectivity index (χ4n) is 2.57. The van der Waals surface area contributed by atoms with E-state index < -0.39 is 29.2 Å². The van der Waals surface area contributed by atoms with Crippen LogP contribution in [0.2, 0.25) is 0 Å². The summed E-state index contributed by atoms with van der Waals surface area (Å²) in [5.74, 6) is -1.16. The van der Waals surface area contributed by atoms with E-state index in [1.165, 1.54) is 24.2 Å². The quantitative estimate of drug-likeness (QED) is 0.398. The second-order valence-electron chi connectivity index (χ2n) is 6.57. The first-order valence-electron chi connectivity index (χ1n) is 7.78. The molecule has 1 fully saturated rings. The maximum absolute atomic E-state index is 12.2. The van der Waals surface area contributed by atoms with Crippen molar-refractivity contribution in [2.75, 3.05) is 20.3 Å². The van der Waals surface area contributed by atoms with Crippen molar-refractivity contribution in [2.45, 2.75) is 38.3 Å². The third-order valence-corrected chi connectivity index (χ3v) is 3.60. The van der Waals surface area contributed by atoms with Gasteiger partial charge in [-0.1, -0.05) is 31.4 Å². The van der Waals surface area contributed by atoms with Crippen LogP contribution in [0.15, 0.2) is 37.0 Å². The standard InChI is InChI=1S/C18H25NO6/c1-7-9-13(8-2)18(10-14(20)23-6)12-24-16(22)19(18)11-15(21)25-17(3,4)5/h7-9H,1-2,10-12H2,3-6H3/b13-9+. The van der Waals surface area contributed by atoms with Gasteiger partial charge in [0.15, 0.2) is 0 Å². The highest BCUT2D eigenvalue weighted by molar-refractivity contribution is 5.83. The van der Waals surface area contributed by atoms with E-state index in [-0.39, 0.29) is 19.6 Å². The van der Waals surface area contributed by atoms with Gasteiger partial charge >= 0.3 is 18.0 Å². The molecule has 0 aromatic heterocycles. The van der Waals surface area contributed by atoms with Crippen LogP contribution in [-0.4, -0.2) is 54.3 Å². The summed E-state index contributed by atoms with van der Waals surface area (Å²) in [4.78, 5) is 37.6. The molecular weight excluding hydrogens is 326 g/mol. The predicted octanol–water partition coefficient (Wildman–Crippen LogP) is 2.38. The molecule has 0 radical (unpaired) electrons. The minimum atomic E-state index is -1.21. The first-order valence-corrected chi connectivity index (χ1v) is 7.78. The van der Waals surface area contributed by atoms with Gasteiger partial charge in [-0.15, -0.1) is 0 Å². The molecule has 1 rings (SSSR count). The van der Waals surface area contributed by atoms with Gasteiger partial charge in [0, 0.05) is 0 Å². The summed E-state index contributed by atoms with van der Waals surface area (Å²) in [6.45, 7) is 12.0. The number of esters is 2. The Hall–Kier alpha value is -2.57. The van der Waals surface area contributed by atoms with Crippen LogP contribution in [0.4, 0.5) is 4.79 Å². The first kappa shape index (κ1) is 20.5. The molecule has 0 spiro atoms. The Kier molecular flexibility index (Phi) is 6.55. The number of rotatable bonds is 7. The molecule has 0 aromatic carbocycles. The molecule has 1 aliphatic rings.